The van der Waals surface area contributed by atoms with Crippen LogP contribution in [0.1, 0.15) is 29.3 Å². The fraction of sp³-hybridized carbons (Fsp3) is 0.429. The van der Waals surface area contributed by atoms with E-state index in [4.69, 9.17) is 4.74 Å². The van der Waals surface area contributed by atoms with Crippen molar-refractivity contribution in [3.8, 4) is 6.07 Å². The molecule has 1 amide bonds. The van der Waals surface area contributed by atoms with Gasteiger partial charge in [0.25, 0.3) is 11.5 Å². The second-order valence-corrected chi connectivity index (χ2v) is 9.23. The quantitative estimate of drug-likeness (QED) is 0.540. The number of nitrogens with zero attached hydrogens (tertiary/aromatic N) is 5. The second kappa shape index (κ2) is 8.67. The highest BCUT2D eigenvalue weighted by molar-refractivity contribution is 7.16. The van der Waals surface area contributed by atoms with Crippen molar-refractivity contribution in [1.29, 1.82) is 5.26 Å². The number of carbonyl (C=O) groups excluding carboxylic acids is 2. The summed E-state index contributed by atoms with van der Waals surface area (Å²) in [6.45, 7) is 1.27. The van der Waals surface area contributed by atoms with Gasteiger partial charge in [-0.1, -0.05) is 6.92 Å². The van der Waals surface area contributed by atoms with Crippen LogP contribution in [0.3, 0.4) is 0 Å². The lowest BCUT2D eigenvalue weighted by Gasteiger charge is -2.17. The van der Waals surface area contributed by atoms with Gasteiger partial charge >= 0.3 is 11.7 Å². The molecule has 0 radical (unpaired) electrons. The van der Waals surface area contributed by atoms with Crippen molar-refractivity contribution in [3.05, 3.63) is 43.2 Å². The summed E-state index contributed by atoms with van der Waals surface area (Å²) in [5, 5.41) is 12.7. The molecule has 4 rings (SSSR count). The van der Waals surface area contributed by atoms with Crippen LogP contribution >= 0.6 is 11.3 Å². The van der Waals surface area contributed by atoms with Crippen LogP contribution in [-0.2, 0) is 47.8 Å². The Hall–Kier alpha value is -3.72. The normalized spacial score (nSPS) is 15.2. The first-order valence-corrected chi connectivity index (χ1v) is 11.1. The highest BCUT2D eigenvalue weighted by Crippen LogP contribution is 2.39. The van der Waals surface area contributed by atoms with E-state index in [0.717, 1.165) is 34.3 Å². The monoisotopic (exact) mass is 470 g/mol. The van der Waals surface area contributed by atoms with Crippen LogP contribution in [-0.4, -0.2) is 37.2 Å². The molecule has 1 atom stereocenters. The van der Waals surface area contributed by atoms with Gasteiger partial charge in [0.05, 0.1) is 11.9 Å². The van der Waals surface area contributed by atoms with E-state index in [1.54, 1.807) is 0 Å². The SMILES string of the molecule is C[C@@H]1CCc2c(sc(NC(=O)COC(=O)Cn3cnc4c3c(=O)n(C)c(=O)n4C)c2C#N)C1. The number of rotatable bonds is 5. The maximum atomic E-state index is 12.4. The standard InChI is InChI=1S/C21H22N6O5S/c1-11-4-5-12-13(7-22)19(33-14(12)6-11)24-15(28)9-32-16(29)8-27-10-23-18-17(27)20(30)26(3)21(31)25(18)2/h10-11H,4-6,8-9H2,1-3H3,(H,24,28)/t11-/m1/s1. The molecule has 1 aliphatic carbocycles. The van der Waals surface area contributed by atoms with Crippen molar-refractivity contribution in [1.82, 2.24) is 18.7 Å². The van der Waals surface area contributed by atoms with Crippen LogP contribution in [0.2, 0.25) is 0 Å². The summed E-state index contributed by atoms with van der Waals surface area (Å²) in [6, 6.07) is 2.18. The zero-order chi connectivity index (χ0) is 23.9. The highest BCUT2D eigenvalue weighted by atomic mass is 32.1. The van der Waals surface area contributed by atoms with Gasteiger partial charge in [0, 0.05) is 19.0 Å². The maximum Gasteiger partial charge on any atom is 0.332 e. The van der Waals surface area contributed by atoms with E-state index in [1.165, 1.54) is 40.9 Å². The molecule has 0 unspecified atom stereocenters. The van der Waals surface area contributed by atoms with E-state index < -0.39 is 29.7 Å². The fourth-order valence-corrected chi connectivity index (χ4v) is 5.34. The highest BCUT2D eigenvalue weighted by Gasteiger charge is 2.25. The van der Waals surface area contributed by atoms with Crippen LogP contribution in [0.15, 0.2) is 15.9 Å². The van der Waals surface area contributed by atoms with Crippen molar-refractivity contribution >= 4 is 39.4 Å². The number of thiophene rings is 1. The van der Waals surface area contributed by atoms with Crippen molar-refractivity contribution in [3.63, 3.8) is 0 Å². The molecule has 11 nitrogen and oxygen atoms in total. The summed E-state index contributed by atoms with van der Waals surface area (Å²) in [6.07, 6.45) is 3.96. The first-order chi connectivity index (χ1) is 15.7. The number of carbonyl (C=O) groups is 2. The topological polar surface area (TPSA) is 141 Å². The number of anilines is 1. The Kier molecular flexibility index (Phi) is 5.90. The Morgan fingerprint density at radius 1 is 1.33 bits per heavy atom. The predicted octanol–water partition coefficient (Wildman–Crippen LogP) is 0.674. The molecule has 3 aromatic rings. The number of imidazole rings is 1. The second-order valence-electron chi connectivity index (χ2n) is 8.13. The first-order valence-electron chi connectivity index (χ1n) is 10.3. The Morgan fingerprint density at radius 3 is 2.82 bits per heavy atom. The third kappa shape index (κ3) is 4.07. The van der Waals surface area contributed by atoms with Gasteiger partial charge in [0.2, 0.25) is 0 Å². The number of hydrogen-bond acceptors (Lipinski definition) is 8. The molecular weight excluding hydrogens is 448 g/mol. The Bertz CT molecular complexity index is 1440. The Morgan fingerprint density at radius 2 is 2.09 bits per heavy atom. The summed E-state index contributed by atoms with van der Waals surface area (Å²) in [7, 11) is 2.81. The maximum absolute atomic E-state index is 12.4. The molecule has 1 N–H and O–H groups in total. The van der Waals surface area contributed by atoms with Crippen LogP contribution < -0.4 is 16.6 Å². The summed E-state index contributed by atoms with van der Waals surface area (Å²) >= 11 is 1.39. The average Bonchev–Trinajstić information content (AvgIpc) is 3.35. The van der Waals surface area contributed by atoms with Crippen molar-refractivity contribution < 1.29 is 14.3 Å². The number of esters is 1. The van der Waals surface area contributed by atoms with E-state index in [1.807, 2.05) is 0 Å². The molecule has 0 aromatic carbocycles. The molecule has 1 aliphatic rings. The molecule has 0 spiro atoms. The lowest BCUT2D eigenvalue weighted by Crippen LogP contribution is -2.37. The number of aryl methyl sites for hydroxylation is 1. The number of nitrogens with one attached hydrogen (secondary N) is 1. The number of aromatic nitrogens is 4. The molecule has 0 saturated heterocycles. The molecule has 3 aromatic heterocycles. The third-order valence-electron chi connectivity index (χ3n) is 5.76. The summed E-state index contributed by atoms with van der Waals surface area (Å²) in [5.74, 6) is -0.772. The van der Waals surface area contributed by atoms with Gasteiger partial charge < -0.3 is 14.6 Å². The summed E-state index contributed by atoms with van der Waals surface area (Å²) in [4.78, 5) is 54.3. The van der Waals surface area contributed by atoms with Crippen molar-refractivity contribution in [2.75, 3.05) is 11.9 Å². The minimum Gasteiger partial charge on any atom is -0.454 e. The summed E-state index contributed by atoms with van der Waals surface area (Å²) < 4.78 is 8.47. The fourth-order valence-electron chi connectivity index (χ4n) is 3.97. The van der Waals surface area contributed by atoms with Crippen LogP contribution in [0.4, 0.5) is 5.00 Å². The summed E-state index contributed by atoms with van der Waals surface area (Å²) in [5.41, 5.74) is 0.588. The molecule has 0 bridgehead atoms. The molecule has 33 heavy (non-hydrogen) atoms. The third-order valence-corrected chi connectivity index (χ3v) is 6.93. The minimum atomic E-state index is -0.750. The lowest BCUT2D eigenvalue weighted by atomic mass is 9.89. The van der Waals surface area contributed by atoms with Gasteiger partial charge in [0.1, 0.15) is 17.6 Å². The lowest BCUT2D eigenvalue weighted by molar-refractivity contribution is -0.147. The molecule has 172 valence electrons. The van der Waals surface area contributed by atoms with Crippen LogP contribution in [0, 0.1) is 17.2 Å². The van der Waals surface area contributed by atoms with Crippen molar-refractivity contribution in [2.45, 2.75) is 32.7 Å². The number of hydrogen-bond donors (Lipinski definition) is 1. The minimum absolute atomic E-state index is 0.0815. The Balaban J connectivity index is 1.42. The van der Waals surface area contributed by atoms with Gasteiger partial charge in [-0.25, -0.2) is 9.78 Å². The number of nitriles is 1. The molecule has 12 heteroatoms. The zero-order valence-electron chi connectivity index (χ0n) is 18.4. The smallest absolute Gasteiger partial charge is 0.332 e. The van der Waals surface area contributed by atoms with E-state index in [2.05, 4.69) is 23.3 Å². The number of amides is 1. The molecule has 0 aliphatic heterocycles. The van der Waals surface area contributed by atoms with Gasteiger partial charge in [0.15, 0.2) is 17.8 Å². The zero-order valence-corrected chi connectivity index (χ0v) is 19.2. The van der Waals surface area contributed by atoms with Crippen LogP contribution in [0.5, 0.6) is 0 Å². The molecular formula is C21H22N6O5S. The average molecular weight is 471 g/mol. The number of fused-ring (bicyclic) bond motifs is 2. The first kappa shape index (κ1) is 22.5. The largest absolute Gasteiger partial charge is 0.454 e. The predicted molar refractivity (Wildman–Crippen MR) is 120 cm³/mol. The molecule has 0 saturated carbocycles. The van der Waals surface area contributed by atoms with Gasteiger partial charge in [-0.05, 0) is 30.7 Å². The van der Waals surface area contributed by atoms with E-state index in [9.17, 15) is 24.4 Å². The van der Waals surface area contributed by atoms with Crippen molar-refractivity contribution in [2.24, 2.45) is 20.0 Å². The Labute approximate surface area is 191 Å². The molecule has 0 fully saturated rings. The van der Waals surface area contributed by atoms with Gasteiger partial charge in [-0.15, -0.1) is 11.3 Å². The van der Waals surface area contributed by atoms with Crippen LogP contribution in [0.25, 0.3) is 11.2 Å². The van der Waals surface area contributed by atoms with E-state index in [-0.39, 0.29) is 17.7 Å². The van der Waals surface area contributed by atoms with E-state index in [0.29, 0.717) is 16.5 Å². The number of ether oxygens (including phenoxy) is 1. The van der Waals surface area contributed by atoms with Gasteiger partial charge in [-0.2, -0.15) is 5.26 Å². The molecule has 3 heterocycles. The van der Waals surface area contributed by atoms with E-state index >= 15 is 0 Å². The van der Waals surface area contributed by atoms with Gasteiger partial charge in [-0.3, -0.25) is 23.5 Å².